The van der Waals surface area contributed by atoms with Gasteiger partial charge in [0.1, 0.15) is 5.82 Å². The van der Waals surface area contributed by atoms with Crippen LogP contribution < -0.4 is 10.2 Å². The number of hydrogen-bond donors (Lipinski definition) is 1. The Kier molecular flexibility index (Phi) is 3.72. The second-order valence-corrected chi connectivity index (χ2v) is 5.87. The van der Waals surface area contributed by atoms with E-state index in [0.29, 0.717) is 17.6 Å². The fourth-order valence-electron chi connectivity index (χ4n) is 3.09. The highest BCUT2D eigenvalue weighted by Gasteiger charge is 2.25. The van der Waals surface area contributed by atoms with Gasteiger partial charge >= 0.3 is 0 Å². The Morgan fingerprint density at radius 3 is 2.79 bits per heavy atom. The average molecular weight is 315 g/mol. The van der Waals surface area contributed by atoms with E-state index in [-0.39, 0.29) is 0 Å². The van der Waals surface area contributed by atoms with Gasteiger partial charge in [-0.2, -0.15) is 0 Å². The van der Waals surface area contributed by atoms with Crippen LogP contribution in [0.5, 0.6) is 0 Å². The van der Waals surface area contributed by atoms with Crippen molar-refractivity contribution in [3.8, 4) is 12.3 Å². The first-order valence-corrected chi connectivity index (χ1v) is 7.97. The van der Waals surface area contributed by atoms with Crippen LogP contribution in [0.4, 0.5) is 11.8 Å². The average Bonchev–Trinajstić information content (AvgIpc) is 3.10. The summed E-state index contributed by atoms with van der Waals surface area (Å²) in [5.41, 5.74) is 0.688. The first-order chi connectivity index (χ1) is 11.8. The Morgan fingerprint density at radius 1 is 1.12 bits per heavy atom. The van der Waals surface area contributed by atoms with Gasteiger partial charge in [-0.3, -0.25) is 0 Å². The summed E-state index contributed by atoms with van der Waals surface area (Å²) in [5.74, 6) is 4.18. The summed E-state index contributed by atoms with van der Waals surface area (Å²) < 4.78 is 0. The van der Waals surface area contributed by atoms with Gasteiger partial charge in [-0.25, -0.2) is 15.0 Å². The van der Waals surface area contributed by atoms with Gasteiger partial charge in [0.15, 0.2) is 0 Å². The number of pyridine rings is 1. The second kappa shape index (κ2) is 6.17. The Bertz CT molecular complexity index is 892. The van der Waals surface area contributed by atoms with Gasteiger partial charge in [-0.15, -0.1) is 6.42 Å². The standard InChI is InChI=1S/C19H17N5/c1-2-14-11-21-19(22-12-14)23-16-8-10-24(13-16)18-17-6-4-3-5-15(17)7-9-20-18/h1,3-7,9,11-12,16H,8,10,13H2,(H,21,22,23). The molecule has 5 nitrogen and oxygen atoms in total. The third-order valence-electron chi connectivity index (χ3n) is 4.29. The van der Waals surface area contributed by atoms with Crippen molar-refractivity contribution < 1.29 is 0 Å². The van der Waals surface area contributed by atoms with E-state index in [4.69, 9.17) is 6.42 Å². The number of anilines is 2. The fourth-order valence-corrected chi connectivity index (χ4v) is 3.09. The third kappa shape index (κ3) is 2.74. The van der Waals surface area contributed by atoms with E-state index < -0.39 is 0 Å². The van der Waals surface area contributed by atoms with Crippen molar-refractivity contribution in [3.05, 3.63) is 54.5 Å². The summed E-state index contributed by atoms with van der Waals surface area (Å²) in [6.45, 7) is 1.84. The molecular weight excluding hydrogens is 298 g/mol. The summed E-state index contributed by atoms with van der Waals surface area (Å²) in [7, 11) is 0. The minimum atomic E-state index is 0.294. The molecule has 1 atom stereocenters. The molecule has 2 aromatic heterocycles. The van der Waals surface area contributed by atoms with Crippen molar-refractivity contribution >= 4 is 22.5 Å². The molecule has 3 heterocycles. The lowest BCUT2D eigenvalue weighted by Gasteiger charge is -2.19. The van der Waals surface area contributed by atoms with Crippen molar-refractivity contribution in [2.24, 2.45) is 0 Å². The van der Waals surface area contributed by atoms with E-state index in [2.05, 4.69) is 55.4 Å². The van der Waals surface area contributed by atoms with Crippen LogP contribution in [0.2, 0.25) is 0 Å². The third-order valence-corrected chi connectivity index (χ3v) is 4.29. The molecule has 0 bridgehead atoms. The maximum atomic E-state index is 5.33. The highest BCUT2D eigenvalue weighted by atomic mass is 15.2. The number of hydrogen-bond acceptors (Lipinski definition) is 5. The lowest BCUT2D eigenvalue weighted by atomic mass is 10.1. The summed E-state index contributed by atoms with van der Waals surface area (Å²) >= 11 is 0. The molecule has 4 rings (SSSR count). The minimum Gasteiger partial charge on any atom is -0.354 e. The highest BCUT2D eigenvalue weighted by molar-refractivity contribution is 5.92. The molecule has 3 aromatic rings. The molecule has 1 saturated heterocycles. The summed E-state index contributed by atoms with van der Waals surface area (Å²) in [4.78, 5) is 15.4. The molecule has 0 aliphatic carbocycles. The van der Waals surface area contributed by atoms with Gasteiger partial charge in [-0.05, 0) is 17.9 Å². The molecule has 5 heteroatoms. The fraction of sp³-hybridized carbons (Fsp3) is 0.211. The van der Waals surface area contributed by atoms with Crippen LogP contribution in [0.25, 0.3) is 10.8 Å². The van der Waals surface area contributed by atoms with E-state index in [1.54, 1.807) is 12.4 Å². The largest absolute Gasteiger partial charge is 0.354 e. The first-order valence-electron chi connectivity index (χ1n) is 7.97. The number of aromatic nitrogens is 3. The molecule has 0 radical (unpaired) electrons. The van der Waals surface area contributed by atoms with Crippen LogP contribution in [0.3, 0.4) is 0 Å². The van der Waals surface area contributed by atoms with Crippen molar-refractivity contribution in [2.45, 2.75) is 12.5 Å². The molecule has 0 amide bonds. The Balaban J connectivity index is 1.50. The Morgan fingerprint density at radius 2 is 1.96 bits per heavy atom. The molecule has 1 fully saturated rings. The molecule has 1 unspecified atom stereocenters. The molecule has 118 valence electrons. The molecule has 1 aromatic carbocycles. The van der Waals surface area contributed by atoms with Crippen molar-refractivity contribution in [3.63, 3.8) is 0 Å². The molecule has 1 aliphatic heterocycles. The summed E-state index contributed by atoms with van der Waals surface area (Å²) in [6, 6.07) is 10.7. The van der Waals surface area contributed by atoms with Crippen molar-refractivity contribution in [1.29, 1.82) is 0 Å². The monoisotopic (exact) mass is 315 g/mol. The zero-order valence-corrected chi connectivity index (χ0v) is 13.2. The van der Waals surface area contributed by atoms with E-state index in [0.717, 1.165) is 25.3 Å². The lowest BCUT2D eigenvalue weighted by Crippen LogP contribution is -2.27. The zero-order chi connectivity index (χ0) is 16.4. The van der Waals surface area contributed by atoms with E-state index in [9.17, 15) is 0 Å². The molecule has 1 N–H and O–H groups in total. The number of nitrogens with one attached hydrogen (secondary N) is 1. The molecule has 0 saturated carbocycles. The second-order valence-electron chi connectivity index (χ2n) is 5.87. The van der Waals surface area contributed by atoms with Gasteiger partial charge in [0.25, 0.3) is 0 Å². The van der Waals surface area contributed by atoms with Crippen LogP contribution in [-0.2, 0) is 0 Å². The maximum absolute atomic E-state index is 5.33. The minimum absolute atomic E-state index is 0.294. The number of nitrogens with zero attached hydrogens (tertiary/aromatic N) is 4. The lowest BCUT2D eigenvalue weighted by molar-refractivity contribution is 0.791. The predicted octanol–water partition coefficient (Wildman–Crippen LogP) is 2.70. The predicted molar refractivity (Wildman–Crippen MR) is 96.0 cm³/mol. The Labute approximate surface area is 140 Å². The van der Waals surface area contributed by atoms with Crippen LogP contribution in [-0.4, -0.2) is 34.1 Å². The maximum Gasteiger partial charge on any atom is 0.222 e. The normalized spacial score (nSPS) is 17.0. The smallest absolute Gasteiger partial charge is 0.222 e. The van der Waals surface area contributed by atoms with Gasteiger partial charge in [-0.1, -0.05) is 30.2 Å². The van der Waals surface area contributed by atoms with Crippen molar-refractivity contribution in [1.82, 2.24) is 15.0 Å². The topological polar surface area (TPSA) is 53.9 Å². The van der Waals surface area contributed by atoms with Crippen LogP contribution in [0.1, 0.15) is 12.0 Å². The van der Waals surface area contributed by atoms with Crippen LogP contribution in [0.15, 0.2) is 48.9 Å². The molecule has 1 aliphatic rings. The number of terminal acetylenes is 1. The molecular formula is C19H17N5. The molecule has 0 spiro atoms. The van der Waals surface area contributed by atoms with Gasteiger partial charge in [0.2, 0.25) is 5.95 Å². The number of fused-ring (bicyclic) bond motifs is 1. The van der Waals surface area contributed by atoms with Gasteiger partial charge in [0, 0.05) is 43.1 Å². The van der Waals surface area contributed by atoms with E-state index in [1.807, 2.05) is 12.3 Å². The summed E-state index contributed by atoms with van der Waals surface area (Å²) in [5, 5.41) is 5.78. The molecule has 24 heavy (non-hydrogen) atoms. The first kappa shape index (κ1) is 14.5. The zero-order valence-electron chi connectivity index (χ0n) is 13.2. The summed E-state index contributed by atoms with van der Waals surface area (Å²) in [6.07, 6.45) is 11.5. The van der Waals surface area contributed by atoms with Gasteiger partial charge in [0.05, 0.1) is 5.56 Å². The van der Waals surface area contributed by atoms with E-state index >= 15 is 0 Å². The van der Waals surface area contributed by atoms with E-state index in [1.165, 1.54) is 10.8 Å². The van der Waals surface area contributed by atoms with Crippen LogP contribution in [0, 0.1) is 12.3 Å². The SMILES string of the molecule is C#Cc1cnc(NC2CCN(c3nccc4ccccc34)C2)nc1. The van der Waals surface area contributed by atoms with Gasteiger partial charge < -0.3 is 10.2 Å². The number of rotatable bonds is 3. The Hall–Kier alpha value is -3.13. The highest BCUT2D eigenvalue weighted by Crippen LogP contribution is 2.27. The quantitative estimate of drug-likeness (QED) is 0.753. The van der Waals surface area contributed by atoms with Crippen molar-refractivity contribution in [2.75, 3.05) is 23.3 Å². The number of benzene rings is 1. The van der Waals surface area contributed by atoms with Crippen LogP contribution >= 0.6 is 0 Å².